The van der Waals surface area contributed by atoms with E-state index < -0.39 is 0 Å². The molecule has 0 amide bonds. The van der Waals surface area contributed by atoms with Crippen LogP contribution < -0.4 is 16.0 Å². The van der Waals surface area contributed by atoms with Gasteiger partial charge in [0.15, 0.2) is 0 Å². The van der Waals surface area contributed by atoms with E-state index in [-0.39, 0.29) is 6.04 Å². The third kappa shape index (κ3) is 3.13. The van der Waals surface area contributed by atoms with Gasteiger partial charge in [0.25, 0.3) is 0 Å². The third-order valence-corrected chi connectivity index (χ3v) is 3.35. The highest BCUT2D eigenvalue weighted by molar-refractivity contribution is 6.42. The van der Waals surface area contributed by atoms with Crippen molar-refractivity contribution in [2.75, 3.05) is 7.11 Å². The predicted octanol–water partition coefficient (Wildman–Crippen LogP) is 2.34. The van der Waals surface area contributed by atoms with Crippen LogP contribution in [0.3, 0.4) is 0 Å². The van der Waals surface area contributed by atoms with Crippen LogP contribution in [0.1, 0.15) is 17.3 Å². The van der Waals surface area contributed by atoms with E-state index in [0.29, 0.717) is 21.6 Å². The van der Waals surface area contributed by atoms with Gasteiger partial charge in [0.05, 0.1) is 28.9 Å². The summed E-state index contributed by atoms with van der Waals surface area (Å²) in [6, 6.07) is 8.43. The molecule has 0 radical (unpaired) electrons. The Morgan fingerprint density at radius 1 is 1.16 bits per heavy atom. The Bertz CT molecular complexity index is 562. The first-order valence-corrected chi connectivity index (χ1v) is 6.20. The van der Waals surface area contributed by atoms with Gasteiger partial charge in [0.2, 0.25) is 5.88 Å². The number of hydrazine groups is 1. The fraction of sp³-hybridized carbons (Fsp3) is 0.167. The molecule has 1 heterocycles. The molecule has 1 atom stereocenters. The average Bonchev–Trinajstić information content (AvgIpc) is 2.44. The van der Waals surface area contributed by atoms with E-state index in [9.17, 15) is 0 Å². The molecule has 0 saturated carbocycles. The van der Waals surface area contributed by atoms with Gasteiger partial charge in [-0.15, -0.1) is 10.2 Å². The number of methoxy groups -OCH3 is 1. The molecule has 1 unspecified atom stereocenters. The maximum Gasteiger partial charge on any atom is 0.233 e. The van der Waals surface area contributed by atoms with Gasteiger partial charge in [-0.05, 0) is 23.8 Å². The average molecular weight is 299 g/mol. The third-order valence-electron chi connectivity index (χ3n) is 2.61. The molecule has 7 heteroatoms. The normalized spacial score (nSPS) is 12.2. The van der Waals surface area contributed by atoms with Crippen molar-refractivity contribution in [1.82, 2.24) is 15.6 Å². The molecule has 2 rings (SSSR count). The molecule has 0 aliphatic rings. The molecule has 100 valence electrons. The number of halogens is 2. The van der Waals surface area contributed by atoms with E-state index in [1.165, 1.54) is 7.11 Å². The second kappa shape index (κ2) is 6.16. The second-order valence-electron chi connectivity index (χ2n) is 3.77. The zero-order valence-electron chi connectivity index (χ0n) is 10.1. The van der Waals surface area contributed by atoms with E-state index in [4.69, 9.17) is 33.8 Å². The van der Waals surface area contributed by atoms with Gasteiger partial charge in [-0.1, -0.05) is 29.3 Å². The fourth-order valence-corrected chi connectivity index (χ4v) is 1.94. The summed E-state index contributed by atoms with van der Waals surface area (Å²) >= 11 is 11.9. The highest BCUT2D eigenvalue weighted by Gasteiger charge is 2.15. The van der Waals surface area contributed by atoms with Crippen LogP contribution in [0.25, 0.3) is 0 Å². The molecule has 3 N–H and O–H groups in total. The molecule has 0 aliphatic carbocycles. The van der Waals surface area contributed by atoms with Crippen LogP contribution in [0.2, 0.25) is 10.0 Å². The molecule has 19 heavy (non-hydrogen) atoms. The van der Waals surface area contributed by atoms with E-state index in [2.05, 4.69) is 15.6 Å². The Balaban J connectivity index is 2.34. The highest BCUT2D eigenvalue weighted by Crippen LogP contribution is 2.27. The van der Waals surface area contributed by atoms with Crippen molar-refractivity contribution in [2.24, 2.45) is 5.84 Å². The Morgan fingerprint density at radius 2 is 1.95 bits per heavy atom. The monoisotopic (exact) mass is 298 g/mol. The van der Waals surface area contributed by atoms with Gasteiger partial charge in [0.1, 0.15) is 0 Å². The van der Waals surface area contributed by atoms with Crippen molar-refractivity contribution in [3.63, 3.8) is 0 Å². The zero-order chi connectivity index (χ0) is 13.8. The van der Waals surface area contributed by atoms with Crippen molar-refractivity contribution in [3.05, 3.63) is 51.6 Å². The lowest BCUT2D eigenvalue weighted by Gasteiger charge is -2.16. The maximum absolute atomic E-state index is 5.99. The molecule has 2 aromatic rings. The van der Waals surface area contributed by atoms with Gasteiger partial charge in [-0.3, -0.25) is 5.84 Å². The quantitative estimate of drug-likeness (QED) is 0.669. The number of ether oxygens (including phenoxy) is 1. The maximum atomic E-state index is 5.99. The van der Waals surface area contributed by atoms with E-state index in [0.717, 1.165) is 5.56 Å². The van der Waals surface area contributed by atoms with Crippen molar-refractivity contribution in [1.29, 1.82) is 0 Å². The van der Waals surface area contributed by atoms with Gasteiger partial charge in [-0.25, -0.2) is 5.43 Å². The van der Waals surface area contributed by atoms with Crippen molar-refractivity contribution in [3.8, 4) is 5.88 Å². The van der Waals surface area contributed by atoms with E-state index in [1.807, 2.05) is 6.07 Å². The van der Waals surface area contributed by atoms with Gasteiger partial charge in [0, 0.05) is 6.07 Å². The minimum absolute atomic E-state index is 0.326. The van der Waals surface area contributed by atoms with Crippen LogP contribution in [0.4, 0.5) is 0 Å². The van der Waals surface area contributed by atoms with Crippen LogP contribution in [0, 0.1) is 0 Å². The first-order chi connectivity index (χ1) is 9.15. The number of rotatable bonds is 4. The first kappa shape index (κ1) is 14.0. The Hall–Kier alpha value is -1.40. The molecule has 0 saturated heterocycles. The number of aromatic nitrogens is 2. The lowest BCUT2D eigenvalue weighted by molar-refractivity contribution is 0.390. The Labute approximate surface area is 120 Å². The molecule has 0 aliphatic heterocycles. The fourth-order valence-electron chi connectivity index (χ4n) is 1.64. The number of hydrogen-bond donors (Lipinski definition) is 2. The number of nitrogens with zero attached hydrogens (tertiary/aromatic N) is 2. The standard InChI is InChI=1S/C12H12Cl2N4O/c1-19-11-5-4-10(17-18-11)12(16-15)7-2-3-8(13)9(14)6-7/h2-6,12,16H,15H2,1H3. The molecule has 1 aromatic carbocycles. The number of hydrogen-bond acceptors (Lipinski definition) is 5. The van der Waals surface area contributed by atoms with Crippen LogP contribution in [-0.2, 0) is 0 Å². The Kier molecular flexibility index (Phi) is 4.55. The predicted molar refractivity (Wildman–Crippen MR) is 74.2 cm³/mol. The summed E-state index contributed by atoms with van der Waals surface area (Å²) in [6.45, 7) is 0. The molecule has 5 nitrogen and oxygen atoms in total. The van der Waals surface area contributed by atoms with Gasteiger partial charge >= 0.3 is 0 Å². The molecular formula is C12H12Cl2N4O. The smallest absolute Gasteiger partial charge is 0.233 e. The van der Waals surface area contributed by atoms with E-state index >= 15 is 0 Å². The second-order valence-corrected chi connectivity index (χ2v) is 4.59. The SMILES string of the molecule is COc1ccc(C(NN)c2ccc(Cl)c(Cl)c2)nn1. The first-order valence-electron chi connectivity index (χ1n) is 5.44. The summed E-state index contributed by atoms with van der Waals surface area (Å²) in [4.78, 5) is 0. The zero-order valence-corrected chi connectivity index (χ0v) is 11.6. The number of nitrogens with one attached hydrogen (secondary N) is 1. The molecule has 1 aromatic heterocycles. The van der Waals surface area contributed by atoms with Crippen LogP contribution in [-0.4, -0.2) is 17.3 Å². The molecule has 0 fully saturated rings. The minimum atomic E-state index is -0.326. The van der Waals surface area contributed by atoms with Crippen LogP contribution in [0.5, 0.6) is 5.88 Å². The summed E-state index contributed by atoms with van der Waals surface area (Å²) in [5.41, 5.74) is 4.17. The van der Waals surface area contributed by atoms with Crippen molar-refractivity contribution in [2.45, 2.75) is 6.04 Å². The summed E-state index contributed by atoms with van der Waals surface area (Å²) in [6.07, 6.45) is 0. The largest absolute Gasteiger partial charge is 0.480 e. The van der Waals surface area contributed by atoms with Crippen LogP contribution >= 0.6 is 23.2 Å². The molecular weight excluding hydrogens is 287 g/mol. The van der Waals surface area contributed by atoms with Gasteiger partial charge < -0.3 is 4.74 Å². The van der Waals surface area contributed by atoms with Crippen molar-refractivity contribution >= 4 is 23.2 Å². The summed E-state index contributed by atoms with van der Waals surface area (Å²) in [5, 5.41) is 8.91. The minimum Gasteiger partial charge on any atom is -0.480 e. The number of benzene rings is 1. The molecule has 0 bridgehead atoms. The summed E-state index contributed by atoms with van der Waals surface area (Å²) in [7, 11) is 1.53. The van der Waals surface area contributed by atoms with E-state index in [1.54, 1.807) is 24.3 Å². The van der Waals surface area contributed by atoms with Gasteiger partial charge in [-0.2, -0.15) is 0 Å². The summed E-state index contributed by atoms with van der Waals surface area (Å²) < 4.78 is 4.96. The summed E-state index contributed by atoms with van der Waals surface area (Å²) in [5.74, 6) is 6.01. The molecule has 0 spiro atoms. The lowest BCUT2D eigenvalue weighted by atomic mass is 10.0. The lowest BCUT2D eigenvalue weighted by Crippen LogP contribution is -2.29. The number of nitrogens with two attached hydrogens (primary N) is 1. The van der Waals surface area contributed by atoms with Crippen molar-refractivity contribution < 1.29 is 4.74 Å². The topological polar surface area (TPSA) is 73.1 Å². The Morgan fingerprint density at radius 3 is 2.47 bits per heavy atom. The van der Waals surface area contributed by atoms with Crippen LogP contribution in [0.15, 0.2) is 30.3 Å². The highest BCUT2D eigenvalue weighted by atomic mass is 35.5.